The molecule has 21 heavy (non-hydrogen) atoms. The lowest BCUT2D eigenvalue weighted by molar-refractivity contribution is 0.306. The second kappa shape index (κ2) is 5.06. The molecule has 0 radical (unpaired) electrons. The van der Waals surface area contributed by atoms with Crippen molar-refractivity contribution in [2.75, 3.05) is 13.1 Å². The van der Waals surface area contributed by atoms with E-state index in [1.54, 1.807) is 11.6 Å². The van der Waals surface area contributed by atoms with Gasteiger partial charge in [-0.25, -0.2) is 0 Å². The molecule has 3 heteroatoms. The molecule has 114 valence electrons. The van der Waals surface area contributed by atoms with Crippen molar-refractivity contribution in [3.05, 3.63) is 28.8 Å². The van der Waals surface area contributed by atoms with Crippen molar-refractivity contribution in [1.29, 1.82) is 0 Å². The Balaban J connectivity index is 2.09. The van der Waals surface area contributed by atoms with E-state index in [2.05, 4.69) is 26.1 Å². The third kappa shape index (κ3) is 2.67. The predicted octanol–water partition coefficient (Wildman–Crippen LogP) is 3.45. The minimum atomic E-state index is -0.00363. The smallest absolute Gasteiger partial charge is 0.161 e. The van der Waals surface area contributed by atoms with Crippen LogP contribution in [-0.4, -0.2) is 23.3 Å². The molecule has 0 amide bonds. The number of phenols is 2. The topological polar surface area (TPSA) is 52.5 Å². The summed E-state index contributed by atoms with van der Waals surface area (Å²) in [6, 6.07) is 3.57. The Labute approximate surface area is 126 Å². The maximum Gasteiger partial charge on any atom is 0.161 e. The summed E-state index contributed by atoms with van der Waals surface area (Å²) in [7, 11) is 0. The standard InChI is InChI=1S/C18H25NO2/c1-18(2,3)9-11-8-14-13(4-5-16(20)17(14)21)15-10-19-7-6-12(11)15/h4-5,11,19-21H,6-10H2,1-3H3. The third-order valence-electron chi connectivity index (χ3n) is 4.65. The predicted molar refractivity (Wildman–Crippen MR) is 85.4 cm³/mol. The van der Waals surface area contributed by atoms with Gasteiger partial charge in [-0.2, -0.15) is 0 Å². The molecule has 1 aromatic carbocycles. The maximum absolute atomic E-state index is 10.3. The molecule has 1 unspecified atom stereocenters. The van der Waals surface area contributed by atoms with E-state index in [0.29, 0.717) is 5.92 Å². The van der Waals surface area contributed by atoms with E-state index in [9.17, 15) is 10.2 Å². The monoisotopic (exact) mass is 287 g/mol. The molecule has 1 aliphatic carbocycles. The van der Waals surface area contributed by atoms with Gasteiger partial charge in [-0.15, -0.1) is 0 Å². The summed E-state index contributed by atoms with van der Waals surface area (Å²) in [6.45, 7) is 8.72. The van der Waals surface area contributed by atoms with E-state index in [-0.39, 0.29) is 16.9 Å². The Kier molecular flexibility index (Phi) is 3.48. The summed E-state index contributed by atoms with van der Waals surface area (Å²) in [4.78, 5) is 0. The quantitative estimate of drug-likeness (QED) is 0.693. The molecule has 3 rings (SSSR count). The molecule has 2 aliphatic rings. The molecule has 0 saturated carbocycles. The minimum absolute atomic E-state index is 0.00363. The molecule has 3 nitrogen and oxygen atoms in total. The first-order valence-electron chi connectivity index (χ1n) is 7.83. The van der Waals surface area contributed by atoms with Gasteiger partial charge < -0.3 is 15.5 Å². The van der Waals surface area contributed by atoms with Gasteiger partial charge in [0.15, 0.2) is 11.5 Å². The van der Waals surface area contributed by atoms with E-state index in [4.69, 9.17) is 0 Å². The molecule has 1 aromatic rings. The van der Waals surface area contributed by atoms with Crippen LogP contribution in [0.25, 0.3) is 5.57 Å². The fourth-order valence-electron chi connectivity index (χ4n) is 3.84. The molecular weight excluding hydrogens is 262 g/mol. The van der Waals surface area contributed by atoms with Crippen LogP contribution in [-0.2, 0) is 6.42 Å². The molecule has 0 bridgehead atoms. The summed E-state index contributed by atoms with van der Waals surface area (Å²) in [6.07, 6.45) is 3.04. The first kappa shape index (κ1) is 14.5. The Bertz CT molecular complexity index is 596. The van der Waals surface area contributed by atoms with Gasteiger partial charge >= 0.3 is 0 Å². The minimum Gasteiger partial charge on any atom is -0.504 e. The van der Waals surface area contributed by atoms with Crippen LogP contribution in [0.3, 0.4) is 0 Å². The van der Waals surface area contributed by atoms with Gasteiger partial charge in [0.1, 0.15) is 0 Å². The Hall–Kier alpha value is -1.48. The number of hydrogen-bond donors (Lipinski definition) is 3. The Morgan fingerprint density at radius 1 is 1.24 bits per heavy atom. The first-order chi connectivity index (χ1) is 9.87. The highest BCUT2D eigenvalue weighted by molar-refractivity contribution is 5.78. The number of rotatable bonds is 1. The molecule has 3 N–H and O–H groups in total. The lowest BCUT2D eigenvalue weighted by Gasteiger charge is -2.37. The number of nitrogens with one attached hydrogen (secondary N) is 1. The summed E-state index contributed by atoms with van der Waals surface area (Å²) in [5, 5.41) is 23.5. The van der Waals surface area contributed by atoms with E-state index < -0.39 is 0 Å². The van der Waals surface area contributed by atoms with Crippen LogP contribution in [0, 0.1) is 11.3 Å². The summed E-state index contributed by atoms with van der Waals surface area (Å²) in [5.74, 6) is 0.543. The molecule has 0 spiro atoms. The van der Waals surface area contributed by atoms with E-state index in [1.807, 2.05) is 6.07 Å². The van der Waals surface area contributed by atoms with Crippen molar-refractivity contribution in [2.45, 2.75) is 40.0 Å². The molecule has 0 fully saturated rings. The zero-order valence-electron chi connectivity index (χ0n) is 13.2. The van der Waals surface area contributed by atoms with Crippen LogP contribution in [0.2, 0.25) is 0 Å². The number of benzene rings is 1. The van der Waals surface area contributed by atoms with Gasteiger partial charge in [-0.1, -0.05) is 32.4 Å². The molecular formula is C18H25NO2. The van der Waals surface area contributed by atoms with Crippen molar-refractivity contribution < 1.29 is 10.2 Å². The normalized spacial score (nSPS) is 22.0. The SMILES string of the molecule is CC(C)(C)CC1Cc2c(ccc(O)c2O)C2=C1CCNC2. The fourth-order valence-corrected chi connectivity index (χ4v) is 3.84. The molecule has 0 aromatic heterocycles. The lowest BCUT2D eigenvalue weighted by Crippen LogP contribution is -2.32. The van der Waals surface area contributed by atoms with Crippen LogP contribution in [0.1, 0.15) is 44.7 Å². The number of hydrogen-bond acceptors (Lipinski definition) is 3. The van der Waals surface area contributed by atoms with E-state index >= 15 is 0 Å². The largest absolute Gasteiger partial charge is 0.504 e. The van der Waals surface area contributed by atoms with E-state index in [1.165, 1.54) is 5.57 Å². The summed E-state index contributed by atoms with van der Waals surface area (Å²) in [5.41, 5.74) is 5.20. The molecule has 0 saturated heterocycles. The first-order valence-corrected chi connectivity index (χ1v) is 7.83. The number of fused-ring (bicyclic) bond motifs is 2. The Morgan fingerprint density at radius 3 is 2.71 bits per heavy atom. The number of phenolic OH excluding ortho intramolecular Hbond substituents is 2. The second-order valence-corrected chi connectivity index (χ2v) is 7.56. The molecule has 1 aliphatic heterocycles. The van der Waals surface area contributed by atoms with Gasteiger partial charge in [-0.3, -0.25) is 0 Å². The Morgan fingerprint density at radius 2 is 2.00 bits per heavy atom. The van der Waals surface area contributed by atoms with Crippen LogP contribution in [0.15, 0.2) is 17.7 Å². The number of aromatic hydroxyl groups is 2. The van der Waals surface area contributed by atoms with Gasteiger partial charge in [0.25, 0.3) is 0 Å². The van der Waals surface area contributed by atoms with Gasteiger partial charge in [0.05, 0.1) is 0 Å². The summed E-state index contributed by atoms with van der Waals surface area (Å²) >= 11 is 0. The maximum atomic E-state index is 10.3. The van der Waals surface area contributed by atoms with Gasteiger partial charge in [-0.05, 0) is 54.3 Å². The average molecular weight is 287 g/mol. The van der Waals surface area contributed by atoms with Crippen molar-refractivity contribution in [2.24, 2.45) is 11.3 Å². The second-order valence-electron chi connectivity index (χ2n) is 7.56. The lowest BCUT2D eigenvalue weighted by atomic mass is 9.70. The van der Waals surface area contributed by atoms with Crippen LogP contribution >= 0.6 is 0 Å². The van der Waals surface area contributed by atoms with Crippen molar-refractivity contribution in [3.8, 4) is 11.5 Å². The van der Waals surface area contributed by atoms with Crippen LogP contribution in [0.4, 0.5) is 0 Å². The van der Waals surface area contributed by atoms with E-state index in [0.717, 1.165) is 43.5 Å². The molecule has 1 heterocycles. The zero-order chi connectivity index (χ0) is 15.2. The highest BCUT2D eigenvalue weighted by Crippen LogP contribution is 2.46. The summed E-state index contributed by atoms with van der Waals surface area (Å²) < 4.78 is 0. The van der Waals surface area contributed by atoms with Gasteiger partial charge in [0, 0.05) is 12.1 Å². The van der Waals surface area contributed by atoms with Crippen molar-refractivity contribution in [1.82, 2.24) is 5.32 Å². The van der Waals surface area contributed by atoms with Gasteiger partial charge in [0.2, 0.25) is 0 Å². The van der Waals surface area contributed by atoms with Crippen LogP contribution in [0.5, 0.6) is 11.5 Å². The molecule has 1 atom stereocenters. The van der Waals surface area contributed by atoms with Crippen LogP contribution < -0.4 is 5.32 Å². The highest BCUT2D eigenvalue weighted by atomic mass is 16.3. The third-order valence-corrected chi connectivity index (χ3v) is 4.65. The highest BCUT2D eigenvalue weighted by Gasteiger charge is 2.33. The van der Waals surface area contributed by atoms with Crippen molar-refractivity contribution >= 4 is 5.57 Å². The zero-order valence-corrected chi connectivity index (χ0v) is 13.2. The average Bonchev–Trinajstić information content (AvgIpc) is 2.42. The van der Waals surface area contributed by atoms with Crippen molar-refractivity contribution in [3.63, 3.8) is 0 Å². The fraction of sp³-hybridized carbons (Fsp3) is 0.556.